The van der Waals surface area contributed by atoms with Gasteiger partial charge in [-0.05, 0) is 29.7 Å². The van der Waals surface area contributed by atoms with Crippen LogP contribution in [0.3, 0.4) is 0 Å². The van der Waals surface area contributed by atoms with Gasteiger partial charge in [-0.25, -0.2) is 4.79 Å². The Bertz CT molecular complexity index is 1250. The maximum Gasteiger partial charge on any atom is 0.416 e. The summed E-state index contributed by atoms with van der Waals surface area (Å²) in [5.74, 6) is -1.44. The van der Waals surface area contributed by atoms with Gasteiger partial charge >= 0.3 is 12.1 Å². The summed E-state index contributed by atoms with van der Waals surface area (Å²) in [5, 5.41) is 22.4. The first-order valence-electron chi connectivity index (χ1n) is 10.4. The highest BCUT2D eigenvalue weighted by Gasteiger charge is 2.30. The quantitative estimate of drug-likeness (QED) is 0.449. The predicted octanol–water partition coefficient (Wildman–Crippen LogP) is 3.92. The molecule has 0 aliphatic heterocycles. The number of aliphatic hydroxyl groups is 1. The lowest BCUT2D eigenvalue weighted by atomic mass is 10.0. The Morgan fingerprint density at radius 2 is 1.88 bits per heavy atom. The molecule has 0 amide bonds. The molecule has 8 nitrogen and oxygen atoms in total. The van der Waals surface area contributed by atoms with E-state index < -0.39 is 34.7 Å². The van der Waals surface area contributed by atoms with Crippen LogP contribution in [0.2, 0.25) is 0 Å². The van der Waals surface area contributed by atoms with E-state index in [1.807, 2.05) is 13.8 Å². The van der Waals surface area contributed by atoms with Gasteiger partial charge in [-0.1, -0.05) is 26.0 Å². The van der Waals surface area contributed by atoms with Gasteiger partial charge < -0.3 is 24.8 Å². The molecule has 2 aromatic heterocycles. The van der Waals surface area contributed by atoms with Crippen LogP contribution in [0.25, 0.3) is 11.0 Å². The lowest BCUT2D eigenvalue weighted by Crippen LogP contribution is -2.26. The molecule has 34 heavy (non-hydrogen) atoms. The van der Waals surface area contributed by atoms with E-state index in [1.165, 1.54) is 29.9 Å². The minimum atomic E-state index is -4.44. The molecule has 1 aromatic carbocycles. The summed E-state index contributed by atoms with van der Waals surface area (Å²) in [6.45, 7) is 3.46. The van der Waals surface area contributed by atoms with Gasteiger partial charge in [-0.15, -0.1) is 0 Å². The van der Waals surface area contributed by atoms with Crippen molar-refractivity contribution in [1.82, 2.24) is 9.55 Å². The molecule has 3 rings (SSSR count). The molecule has 0 bridgehead atoms. The average Bonchev–Trinajstić information content (AvgIpc) is 2.78. The molecule has 2 heterocycles. The number of fused-ring (bicyclic) bond motifs is 1. The number of benzene rings is 1. The van der Waals surface area contributed by atoms with Crippen molar-refractivity contribution in [3.05, 3.63) is 63.4 Å². The number of alkyl halides is 3. The molecule has 0 saturated carbocycles. The largest absolute Gasteiger partial charge is 0.479 e. The van der Waals surface area contributed by atoms with Crippen LogP contribution in [0.5, 0.6) is 5.88 Å². The van der Waals surface area contributed by atoms with Crippen molar-refractivity contribution in [2.45, 2.75) is 32.6 Å². The number of carboxylic acids is 1. The van der Waals surface area contributed by atoms with Crippen molar-refractivity contribution in [2.75, 3.05) is 19.0 Å². The van der Waals surface area contributed by atoms with Crippen LogP contribution < -0.4 is 15.5 Å². The lowest BCUT2D eigenvalue weighted by molar-refractivity contribution is -0.137. The van der Waals surface area contributed by atoms with E-state index in [0.717, 1.165) is 18.3 Å². The topological polar surface area (TPSA) is 114 Å². The summed E-state index contributed by atoms with van der Waals surface area (Å²) in [5.41, 5.74) is -1.08. The molecule has 11 heteroatoms. The molecule has 182 valence electrons. The molecule has 0 aliphatic carbocycles. The zero-order valence-electron chi connectivity index (χ0n) is 18.7. The van der Waals surface area contributed by atoms with Crippen molar-refractivity contribution in [3.8, 4) is 5.88 Å². The first kappa shape index (κ1) is 25.0. The standard InChI is InChI=1S/C23H24F3N3O5/c1-12(2)18(11-30)29-10-16(22(32)33)19(31)15-8-17(21(34-3)28-20(15)29)27-9-13-4-6-14(7-5-13)23(24,25)26/h4-8,10,12,18,27,30H,9,11H2,1-3H3,(H,32,33). The number of aliphatic hydroxyl groups excluding tert-OH is 1. The third-order valence-corrected chi connectivity index (χ3v) is 5.47. The fourth-order valence-corrected chi connectivity index (χ4v) is 3.57. The molecule has 1 atom stereocenters. The molecule has 0 saturated heterocycles. The highest BCUT2D eigenvalue weighted by atomic mass is 19.4. The van der Waals surface area contributed by atoms with Gasteiger partial charge in [0.2, 0.25) is 11.3 Å². The van der Waals surface area contributed by atoms with Crippen LogP contribution in [0.1, 0.15) is 41.4 Å². The SMILES string of the molecule is COc1nc2c(cc1NCc1ccc(C(F)(F)F)cc1)c(=O)c(C(=O)O)cn2C(CO)C(C)C. The summed E-state index contributed by atoms with van der Waals surface area (Å²) in [4.78, 5) is 29.0. The third kappa shape index (κ3) is 4.98. The highest BCUT2D eigenvalue weighted by Crippen LogP contribution is 2.31. The van der Waals surface area contributed by atoms with Crippen LogP contribution >= 0.6 is 0 Å². The summed E-state index contributed by atoms with van der Waals surface area (Å²) in [7, 11) is 1.36. The Hall–Kier alpha value is -3.60. The predicted molar refractivity (Wildman–Crippen MR) is 119 cm³/mol. The smallest absolute Gasteiger partial charge is 0.416 e. The number of ether oxygens (including phenoxy) is 1. The number of hydrogen-bond acceptors (Lipinski definition) is 6. The molecule has 3 aromatic rings. The Balaban J connectivity index is 2.09. The Morgan fingerprint density at radius 1 is 1.24 bits per heavy atom. The van der Waals surface area contributed by atoms with Gasteiger partial charge in [0.05, 0.1) is 36.4 Å². The Morgan fingerprint density at radius 3 is 2.38 bits per heavy atom. The van der Waals surface area contributed by atoms with Gasteiger partial charge in [-0.2, -0.15) is 18.2 Å². The van der Waals surface area contributed by atoms with E-state index in [-0.39, 0.29) is 41.7 Å². The van der Waals surface area contributed by atoms with Gasteiger partial charge in [0.15, 0.2) is 0 Å². The maximum absolute atomic E-state index is 12.9. The van der Waals surface area contributed by atoms with Crippen LogP contribution in [0.15, 0.2) is 41.3 Å². The number of nitrogens with one attached hydrogen (secondary N) is 1. The number of carboxylic acid groups (broad SMARTS) is 1. The number of pyridine rings is 2. The molecular formula is C23H24F3N3O5. The number of carbonyl (C=O) groups is 1. The maximum atomic E-state index is 12.9. The van der Waals surface area contributed by atoms with E-state index in [0.29, 0.717) is 5.56 Å². The van der Waals surface area contributed by atoms with Gasteiger partial charge in [0, 0.05) is 12.7 Å². The van der Waals surface area contributed by atoms with Gasteiger partial charge in [0.1, 0.15) is 11.2 Å². The zero-order valence-corrected chi connectivity index (χ0v) is 18.7. The number of hydrogen-bond donors (Lipinski definition) is 3. The van der Waals surface area contributed by atoms with Crippen molar-refractivity contribution in [1.29, 1.82) is 0 Å². The summed E-state index contributed by atoms with van der Waals surface area (Å²) >= 11 is 0. The second-order valence-corrected chi connectivity index (χ2v) is 8.04. The second kappa shape index (κ2) is 9.72. The minimum Gasteiger partial charge on any atom is -0.479 e. The average molecular weight is 479 g/mol. The molecule has 0 fully saturated rings. The third-order valence-electron chi connectivity index (χ3n) is 5.47. The number of aromatic carboxylic acids is 1. The fraction of sp³-hybridized carbons (Fsp3) is 0.348. The van der Waals surface area contributed by atoms with Crippen molar-refractivity contribution in [2.24, 2.45) is 5.92 Å². The number of anilines is 1. The number of halogens is 3. The van der Waals surface area contributed by atoms with Crippen molar-refractivity contribution < 1.29 is 32.9 Å². The first-order valence-corrected chi connectivity index (χ1v) is 10.4. The van der Waals surface area contributed by atoms with Crippen molar-refractivity contribution >= 4 is 22.7 Å². The van der Waals surface area contributed by atoms with Crippen LogP contribution in [0, 0.1) is 5.92 Å². The summed E-state index contributed by atoms with van der Waals surface area (Å²) in [6, 6.07) is 5.41. The second-order valence-electron chi connectivity index (χ2n) is 8.04. The number of aromatic nitrogens is 2. The van der Waals surface area contributed by atoms with E-state index >= 15 is 0 Å². The van der Waals surface area contributed by atoms with Crippen LogP contribution in [-0.4, -0.2) is 39.5 Å². The van der Waals surface area contributed by atoms with E-state index in [1.54, 1.807) is 0 Å². The number of methoxy groups -OCH3 is 1. The van der Waals surface area contributed by atoms with Gasteiger partial charge in [0.25, 0.3) is 0 Å². The first-order chi connectivity index (χ1) is 16.0. The summed E-state index contributed by atoms with van der Waals surface area (Å²) < 4.78 is 45.1. The van der Waals surface area contributed by atoms with Gasteiger partial charge in [-0.3, -0.25) is 4.79 Å². The van der Waals surface area contributed by atoms with Crippen molar-refractivity contribution in [3.63, 3.8) is 0 Å². The molecule has 0 aliphatic rings. The van der Waals surface area contributed by atoms with E-state index in [2.05, 4.69) is 10.3 Å². The monoisotopic (exact) mass is 479 g/mol. The lowest BCUT2D eigenvalue weighted by Gasteiger charge is -2.24. The normalized spacial score (nSPS) is 12.7. The molecular weight excluding hydrogens is 455 g/mol. The van der Waals surface area contributed by atoms with Crippen LogP contribution in [-0.2, 0) is 12.7 Å². The molecule has 3 N–H and O–H groups in total. The highest BCUT2D eigenvalue weighted by molar-refractivity contribution is 5.93. The molecule has 0 spiro atoms. The minimum absolute atomic E-state index is 0.00489. The Kier molecular flexibility index (Phi) is 7.15. The number of rotatable bonds is 8. The summed E-state index contributed by atoms with van der Waals surface area (Å²) in [6.07, 6.45) is -3.28. The molecule has 0 radical (unpaired) electrons. The van der Waals surface area contributed by atoms with E-state index in [9.17, 15) is 33.0 Å². The zero-order chi connectivity index (χ0) is 25.2. The Labute approximate surface area is 192 Å². The number of nitrogens with zero attached hydrogens (tertiary/aromatic N) is 2. The van der Waals surface area contributed by atoms with E-state index in [4.69, 9.17) is 4.74 Å². The van der Waals surface area contributed by atoms with Crippen LogP contribution in [0.4, 0.5) is 18.9 Å². The fourth-order valence-electron chi connectivity index (χ4n) is 3.57. The molecule has 1 unspecified atom stereocenters.